The Morgan fingerprint density at radius 3 is 2.84 bits per heavy atom. The topological polar surface area (TPSA) is 29.3 Å². The van der Waals surface area contributed by atoms with Crippen LogP contribution in [-0.2, 0) is 0 Å². The average molecular weight is 345 g/mol. The molecule has 0 amide bonds. The normalized spacial score (nSPS) is 23.3. The molecule has 1 fully saturated rings. The van der Waals surface area contributed by atoms with Gasteiger partial charge >= 0.3 is 0 Å². The van der Waals surface area contributed by atoms with Crippen LogP contribution in [0, 0.1) is 12.8 Å². The number of hydrogen-bond donors (Lipinski definition) is 1. The van der Waals surface area contributed by atoms with E-state index in [1.807, 2.05) is 11.3 Å². The fourth-order valence-electron chi connectivity index (χ4n) is 3.00. The second-order valence-electron chi connectivity index (χ2n) is 5.55. The number of hydrogen-bond acceptors (Lipinski definition) is 3. The number of halogens is 1. The maximum Gasteiger partial charge on any atom is 0.0564 e. The van der Waals surface area contributed by atoms with Crippen molar-refractivity contribution in [2.75, 3.05) is 19.6 Å². The first-order chi connectivity index (χ1) is 9.15. The third-order valence-electron chi connectivity index (χ3n) is 4.33. The van der Waals surface area contributed by atoms with Crippen molar-refractivity contribution in [3.63, 3.8) is 0 Å². The zero-order valence-electron chi connectivity index (χ0n) is 12.0. The van der Waals surface area contributed by atoms with Crippen LogP contribution >= 0.6 is 27.3 Å². The van der Waals surface area contributed by atoms with Gasteiger partial charge in [-0.15, -0.1) is 11.3 Å². The summed E-state index contributed by atoms with van der Waals surface area (Å²) < 4.78 is 1.23. The van der Waals surface area contributed by atoms with Gasteiger partial charge in [-0.1, -0.05) is 13.3 Å². The first-order valence-electron chi connectivity index (χ1n) is 7.35. The Bertz CT molecular complexity index is 385. The average Bonchev–Trinajstić information content (AvgIpc) is 2.63. The van der Waals surface area contributed by atoms with Crippen molar-refractivity contribution in [1.82, 2.24) is 4.90 Å². The lowest BCUT2D eigenvalue weighted by Gasteiger charge is -2.29. The Hall–Kier alpha value is 0.1000. The summed E-state index contributed by atoms with van der Waals surface area (Å²) >= 11 is 5.51. The van der Waals surface area contributed by atoms with E-state index in [9.17, 15) is 0 Å². The van der Waals surface area contributed by atoms with Gasteiger partial charge in [-0.05, 0) is 67.2 Å². The maximum absolute atomic E-state index is 6.06. The smallest absolute Gasteiger partial charge is 0.0564 e. The number of nitrogens with zero attached hydrogens (tertiary/aromatic N) is 1. The van der Waals surface area contributed by atoms with Crippen LogP contribution in [0.3, 0.4) is 0 Å². The Balaban J connectivity index is 2.08. The Kier molecular flexibility index (Phi) is 5.87. The van der Waals surface area contributed by atoms with Gasteiger partial charge in [0.15, 0.2) is 0 Å². The first-order valence-corrected chi connectivity index (χ1v) is 8.96. The second kappa shape index (κ2) is 7.21. The summed E-state index contributed by atoms with van der Waals surface area (Å²) in [6.45, 7) is 7.62. The molecule has 2 unspecified atom stereocenters. The van der Waals surface area contributed by atoms with Gasteiger partial charge in [0.1, 0.15) is 0 Å². The number of thiophene rings is 1. The molecule has 108 valence electrons. The standard InChI is InChI=1S/C15H25BrN2S/c1-3-12-5-4-7-18(8-6-12)14(10-17)15-9-13(16)11(2)19-15/h9,12,14H,3-8,10,17H2,1-2H3. The van der Waals surface area contributed by atoms with E-state index in [4.69, 9.17) is 5.73 Å². The molecule has 0 aliphatic carbocycles. The molecule has 1 aromatic rings. The van der Waals surface area contributed by atoms with E-state index in [-0.39, 0.29) is 0 Å². The number of aryl methyl sites for hydroxylation is 1. The molecule has 2 atom stereocenters. The monoisotopic (exact) mass is 344 g/mol. The van der Waals surface area contributed by atoms with Crippen molar-refractivity contribution in [3.05, 3.63) is 20.3 Å². The van der Waals surface area contributed by atoms with Gasteiger partial charge in [-0.25, -0.2) is 0 Å². The van der Waals surface area contributed by atoms with Crippen LogP contribution in [0.2, 0.25) is 0 Å². The van der Waals surface area contributed by atoms with Crippen molar-refractivity contribution in [1.29, 1.82) is 0 Å². The highest BCUT2D eigenvalue weighted by Gasteiger charge is 2.24. The van der Waals surface area contributed by atoms with Crippen LogP contribution in [0.15, 0.2) is 10.5 Å². The van der Waals surface area contributed by atoms with Gasteiger partial charge in [-0.2, -0.15) is 0 Å². The Morgan fingerprint density at radius 1 is 1.47 bits per heavy atom. The summed E-state index contributed by atoms with van der Waals surface area (Å²) in [6, 6.07) is 2.67. The van der Waals surface area contributed by atoms with Gasteiger partial charge in [0.2, 0.25) is 0 Å². The van der Waals surface area contributed by atoms with E-state index < -0.39 is 0 Å². The molecule has 1 aliphatic heterocycles. The lowest BCUT2D eigenvalue weighted by atomic mass is 9.98. The van der Waals surface area contributed by atoms with Crippen molar-refractivity contribution in [2.24, 2.45) is 11.7 Å². The fourth-order valence-corrected chi connectivity index (χ4v) is 4.71. The quantitative estimate of drug-likeness (QED) is 0.880. The lowest BCUT2D eigenvalue weighted by Crippen LogP contribution is -2.34. The van der Waals surface area contributed by atoms with Gasteiger partial charge in [-0.3, -0.25) is 4.90 Å². The summed E-state index contributed by atoms with van der Waals surface area (Å²) in [5.41, 5.74) is 6.06. The van der Waals surface area contributed by atoms with Gasteiger partial charge in [0, 0.05) is 20.8 Å². The third kappa shape index (κ3) is 3.81. The molecule has 0 spiro atoms. The predicted octanol–water partition coefficient (Wildman–Crippen LogP) is 4.33. The summed E-state index contributed by atoms with van der Waals surface area (Å²) in [6.07, 6.45) is 5.36. The summed E-state index contributed by atoms with van der Waals surface area (Å²) in [5, 5.41) is 0. The second-order valence-corrected chi connectivity index (χ2v) is 7.69. The Labute approximate surface area is 129 Å². The van der Waals surface area contributed by atoms with E-state index in [0.717, 1.165) is 12.5 Å². The van der Waals surface area contributed by atoms with Gasteiger partial charge in [0.05, 0.1) is 6.04 Å². The molecule has 0 saturated carbocycles. The Morgan fingerprint density at radius 2 is 2.26 bits per heavy atom. The summed E-state index contributed by atoms with van der Waals surface area (Å²) in [4.78, 5) is 5.38. The predicted molar refractivity (Wildman–Crippen MR) is 87.8 cm³/mol. The van der Waals surface area contributed by atoms with Crippen molar-refractivity contribution in [3.8, 4) is 0 Å². The molecule has 4 heteroatoms. The van der Waals surface area contributed by atoms with Gasteiger partial charge < -0.3 is 5.73 Å². The van der Waals surface area contributed by atoms with E-state index in [1.54, 1.807) is 0 Å². The molecule has 1 aliphatic rings. The zero-order valence-corrected chi connectivity index (χ0v) is 14.4. The molecule has 0 aromatic carbocycles. The van der Waals surface area contributed by atoms with E-state index in [0.29, 0.717) is 6.04 Å². The van der Waals surface area contributed by atoms with Crippen molar-refractivity contribution in [2.45, 2.75) is 45.6 Å². The molecular weight excluding hydrogens is 320 g/mol. The van der Waals surface area contributed by atoms with Crippen molar-refractivity contribution < 1.29 is 0 Å². The first kappa shape index (κ1) is 15.5. The van der Waals surface area contributed by atoms with Crippen LogP contribution < -0.4 is 5.73 Å². The molecule has 1 saturated heterocycles. The van der Waals surface area contributed by atoms with E-state index in [1.165, 1.54) is 53.0 Å². The molecule has 1 aromatic heterocycles. The molecule has 19 heavy (non-hydrogen) atoms. The van der Waals surface area contributed by atoms with E-state index in [2.05, 4.69) is 40.7 Å². The molecule has 2 N–H and O–H groups in total. The van der Waals surface area contributed by atoms with Crippen LogP contribution in [0.25, 0.3) is 0 Å². The third-order valence-corrected chi connectivity index (χ3v) is 6.57. The van der Waals surface area contributed by atoms with Crippen molar-refractivity contribution >= 4 is 27.3 Å². The molecule has 2 nitrogen and oxygen atoms in total. The number of nitrogens with two attached hydrogens (primary N) is 1. The molecule has 0 bridgehead atoms. The minimum absolute atomic E-state index is 0.408. The SMILES string of the molecule is CCC1CCCN(C(CN)c2cc(Br)c(C)s2)CC1. The maximum atomic E-state index is 6.06. The minimum atomic E-state index is 0.408. The lowest BCUT2D eigenvalue weighted by molar-refractivity contribution is 0.209. The van der Waals surface area contributed by atoms with Gasteiger partial charge in [0.25, 0.3) is 0 Å². The highest BCUT2D eigenvalue weighted by molar-refractivity contribution is 9.10. The zero-order chi connectivity index (χ0) is 13.8. The number of rotatable bonds is 4. The van der Waals surface area contributed by atoms with Crippen LogP contribution in [0.1, 0.15) is 48.4 Å². The highest BCUT2D eigenvalue weighted by Crippen LogP contribution is 2.34. The summed E-state index contributed by atoms with van der Waals surface area (Å²) in [7, 11) is 0. The largest absolute Gasteiger partial charge is 0.329 e. The summed E-state index contributed by atoms with van der Waals surface area (Å²) in [5.74, 6) is 0.917. The highest BCUT2D eigenvalue weighted by atomic mass is 79.9. The van der Waals surface area contributed by atoms with Crippen LogP contribution in [-0.4, -0.2) is 24.5 Å². The molecule has 2 heterocycles. The molecule has 0 radical (unpaired) electrons. The van der Waals surface area contributed by atoms with Crippen LogP contribution in [0.5, 0.6) is 0 Å². The fraction of sp³-hybridized carbons (Fsp3) is 0.733. The number of likely N-dealkylation sites (tertiary alicyclic amines) is 1. The van der Waals surface area contributed by atoms with Crippen LogP contribution in [0.4, 0.5) is 0 Å². The van der Waals surface area contributed by atoms with E-state index >= 15 is 0 Å². The molecule has 2 rings (SSSR count). The minimum Gasteiger partial charge on any atom is -0.329 e. The molecular formula is C15H25BrN2S.